The predicted molar refractivity (Wildman–Crippen MR) is 219 cm³/mol. The highest BCUT2D eigenvalue weighted by molar-refractivity contribution is 7.46. The maximum Gasteiger partial charge on any atom is 0.469 e. The van der Waals surface area contributed by atoms with Crippen molar-refractivity contribution in [2.24, 2.45) is 0 Å². The first-order chi connectivity index (χ1) is 26.1. The number of carbonyl (C=O) groups is 2. The molecule has 0 aliphatic carbocycles. The summed E-state index contributed by atoms with van der Waals surface area (Å²) in [6, 6.07) is 0. The van der Waals surface area contributed by atoms with E-state index in [-0.39, 0.29) is 19.4 Å². The Morgan fingerprint density at radius 3 is 1.67 bits per heavy atom. The average molecular weight is 781 g/mol. The molecule has 310 valence electrons. The molecular formula is C43H73O10P. The molecule has 0 heterocycles. The molecule has 0 aliphatic heterocycles. The molecule has 3 atom stereocenters. The summed E-state index contributed by atoms with van der Waals surface area (Å²) < 4.78 is 26.3. The Kier molecular flexibility index (Phi) is 35.5. The van der Waals surface area contributed by atoms with Gasteiger partial charge in [-0.15, -0.1) is 0 Å². The number of unbranched alkanes of at least 4 members (excludes halogenated alkanes) is 10. The highest BCUT2D eigenvalue weighted by Gasteiger charge is 2.23. The second-order valence-corrected chi connectivity index (χ2v) is 14.8. The Labute approximate surface area is 326 Å². The minimum Gasteiger partial charge on any atom is -0.462 e. The Bertz CT molecular complexity index is 1140. The van der Waals surface area contributed by atoms with Gasteiger partial charge in [-0.2, -0.15) is 0 Å². The Balaban J connectivity index is 4.14. The van der Waals surface area contributed by atoms with Gasteiger partial charge in [0.1, 0.15) is 6.61 Å². The van der Waals surface area contributed by atoms with E-state index in [0.29, 0.717) is 25.7 Å². The van der Waals surface area contributed by atoms with Crippen molar-refractivity contribution in [3.8, 4) is 0 Å². The summed E-state index contributed by atoms with van der Waals surface area (Å²) in [6.07, 6.45) is 40.7. The van der Waals surface area contributed by atoms with E-state index in [2.05, 4.69) is 85.2 Å². The van der Waals surface area contributed by atoms with Gasteiger partial charge in [-0.1, -0.05) is 132 Å². The molecule has 0 aromatic heterocycles. The Hall–Kier alpha value is -2.59. The summed E-state index contributed by atoms with van der Waals surface area (Å²) in [6.45, 7) is 3.34. The van der Waals surface area contributed by atoms with Crippen molar-refractivity contribution >= 4 is 19.8 Å². The van der Waals surface area contributed by atoms with Gasteiger partial charge in [0.15, 0.2) is 6.10 Å². The number of phosphoric ester groups is 1. The zero-order chi connectivity index (χ0) is 40.0. The maximum atomic E-state index is 12.4. The van der Waals surface area contributed by atoms with E-state index in [4.69, 9.17) is 19.3 Å². The van der Waals surface area contributed by atoms with Crippen LogP contribution in [0.2, 0.25) is 0 Å². The van der Waals surface area contributed by atoms with Gasteiger partial charge in [0, 0.05) is 12.8 Å². The van der Waals surface area contributed by atoms with Crippen molar-refractivity contribution in [3.05, 3.63) is 72.9 Å². The fraction of sp³-hybridized carbons (Fsp3) is 0.674. The second kappa shape index (κ2) is 37.3. The molecule has 54 heavy (non-hydrogen) atoms. The lowest BCUT2D eigenvalue weighted by molar-refractivity contribution is -0.161. The number of rotatable bonds is 36. The number of phosphoric acid groups is 1. The number of aliphatic hydroxyl groups excluding tert-OH is 2. The zero-order valence-electron chi connectivity index (χ0n) is 33.3. The topological polar surface area (TPSA) is 160 Å². The molecule has 0 amide bonds. The van der Waals surface area contributed by atoms with Crippen molar-refractivity contribution < 1.29 is 48.2 Å². The van der Waals surface area contributed by atoms with Crippen LogP contribution in [0.4, 0.5) is 0 Å². The van der Waals surface area contributed by atoms with Gasteiger partial charge in [0.2, 0.25) is 0 Å². The summed E-state index contributed by atoms with van der Waals surface area (Å²) in [5, 5.41) is 20.3. The number of hydrogen-bond acceptors (Lipinski definition) is 8. The summed E-state index contributed by atoms with van der Waals surface area (Å²) in [5.74, 6) is -1.04. The van der Waals surface area contributed by atoms with Gasteiger partial charge in [-0.25, -0.2) is 4.57 Å². The molecule has 0 spiro atoms. The quantitative estimate of drug-likeness (QED) is 0.0209. The van der Waals surface area contributed by atoms with E-state index in [1.54, 1.807) is 0 Å². The smallest absolute Gasteiger partial charge is 0.462 e. The lowest BCUT2D eigenvalue weighted by Gasteiger charge is -2.18. The largest absolute Gasteiger partial charge is 0.469 e. The molecule has 0 fully saturated rings. The molecule has 0 saturated carbocycles. The molecule has 0 aromatic rings. The number of allylic oxidation sites excluding steroid dienone is 11. The molecule has 0 unspecified atom stereocenters. The monoisotopic (exact) mass is 780 g/mol. The molecule has 0 aromatic carbocycles. The third-order valence-corrected chi connectivity index (χ3v) is 8.90. The zero-order valence-corrected chi connectivity index (χ0v) is 34.2. The van der Waals surface area contributed by atoms with Crippen LogP contribution < -0.4 is 0 Å². The molecule has 4 N–H and O–H groups in total. The number of ether oxygens (including phenoxy) is 2. The number of esters is 2. The van der Waals surface area contributed by atoms with E-state index in [0.717, 1.165) is 89.9 Å². The van der Waals surface area contributed by atoms with E-state index in [1.165, 1.54) is 12.8 Å². The van der Waals surface area contributed by atoms with E-state index in [9.17, 15) is 24.4 Å². The van der Waals surface area contributed by atoms with Crippen molar-refractivity contribution in [2.75, 3.05) is 13.2 Å². The van der Waals surface area contributed by atoms with Crippen molar-refractivity contribution in [3.63, 3.8) is 0 Å². The number of carbonyl (C=O) groups excluding carboxylic acids is 2. The van der Waals surface area contributed by atoms with E-state index < -0.39 is 44.7 Å². The van der Waals surface area contributed by atoms with Crippen LogP contribution in [-0.4, -0.2) is 63.5 Å². The van der Waals surface area contributed by atoms with Crippen LogP contribution in [0.5, 0.6) is 0 Å². The number of hydrogen-bond donors (Lipinski definition) is 4. The molecule has 0 rings (SSSR count). The highest BCUT2D eigenvalue weighted by Crippen LogP contribution is 2.36. The predicted octanol–water partition coefficient (Wildman–Crippen LogP) is 10.2. The SMILES string of the molecule is CC/C=C\C/C=C\C/C=C\C/C=C\C/C=C\CCCCCC(=O)OC[C@H](COP(=O)(O)O)OC(=O)CCCCCCC[C@H](O)[C@@H](O)C/C=C\CCCCC. The minimum atomic E-state index is -4.81. The van der Waals surface area contributed by atoms with Crippen molar-refractivity contribution in [1.82, 2.24) is 0 Å². The molecule has 0 bridgehead atoms. The standard InChI is InChI=1S/C43H73O10P/c1-3-5-7-9-11-12-13-14-15-16-17-18-19-20-21-22-23-27-31-35-42(46)51-37-39(38-52-54(48,49)50)53-43(47)36-32-28-24-26-30-34-41(45)40(44)33-29-25-10-8-6-4-2/h5,7,11-12,14-15,17-18,20-21,25,29,39-41,44-45H,3-4,6,8-10,13,16,19,22-24,26-28,30-38H2,1-2H3,(H2,48,49,50)/b7-5-,12-11-,15-14-,18-17-,21-20-,29-25-/t39-,40+,41+/m1/s1. The van der Waals surface area contributed by atoms with Crippen molar-refractivity contribution in [1.29, 1.82) is 0 Å². The highest BCUT2D eigenvalue weighted by atomic mass is 31.2. The minimum absolute atomic E-state index is 0.101. The lowest BCUT2D eigenvalue weighted by atomic mass is 10.0. The van der Waals surface area contributed by atoms with Gasteiger partial charge in [-0.05, 0) is 83.5 Å². The van der Waals surface area contributed by atoms with Crippen LogP contribution in [-0.2, 0) is 28.2 Å². The van der Waals surface area contributed by atoms with Crippen LogP contribution in [0.1, 0.15) is 155 Å². The fourth-order valence-electron chi connectivity index (χ4n) is 5.24. The van der Waals surface area contributed by atoms with Gasteiger partial charge < -0.3 is 29.5 Å². The van der Waals surface area contributed by atoms with Crippen LogP contribution in [0.25, 0.3) is 0 Å². The van der Waals surface area contributed by atoms with Crippen LogP contribution >= 0.6 is 7.82 Å². The third-order valence-electron chi connectivity index (χ3n) is 8.41. The number of aliphatic hydroxyl groups is 2. The van der Waals surface area contributed by atoms with Gasteiger partial charge in [-0.3, -0.25) is 14.1 Å². The molecule has 10 nitrogen and oxygen atoms in total. The van der Waals surface area contributed by atoms with Crippen LogP contribution in [0, 0.1) is 0 Å². The summed E-state index contributed by atoms with van der Waals surface area (Å²) in [4.78, 5) is 42.8. The third kappa shape index (κ3) is 37.7. The summed E-state index contributed by atoms with van der Waals surface area (Å²) >= 11 is 0. The van der Waals surface area contributed by atoms with Crippen LogP contribution in [0.3, 0.4) is 0 Å². The molecule has 11 heteroatoms. The Morgan fingerprint density at radius 2 is 1.07 bits per heavy atom. The molecule has 0 radical (unpaired) electrons. The second-order valence-electron chi connectivity index (χ2n) is 13.5. The first-order valence-corrected chi connectivity index (χ1v) is 21.9. The van der Waals surface area contributed by atoms with Gasteiger partial charge in [0.05, 0.1) is 18.8 Å². The molecule has 0 aliphatic rings. The van der Waals surface area contributed by atoms with Crippen molar-refractivity contribution in [2.45, 2.75) is 173 Å². The van der Waals surface area contributed by atoms with Crippen LogP contribution in [0.15, 0.2) is 72.9 Å². The molecular weight excluding hydrogens is 707 g/mol. The van der Waals surface area contributed by atoms with Gasteiger partial charge >= 0.3 is 19.8 Å². The summed E-state index contributed by atoms with van der Waals surface area (Å²) in [5.41, 5.74) is 0. The van der Waals surface area contributed by atoms with E-state index >= 15 is 0 Å². The fourth-order valence-corrected chi connectivity index (χ4v) is 5.60. The Morgan fingerprint density at radius 1 is 0.574 bits per heavy atom. The van der Waals surface area contributed by atoms with E-state index in [1.807, 2.05) is 6.08 Å². The average Bonchev–Trinajstić information content (AvgIpc) is 3.14. The maximum absolute atomic E-state index is 12.4. The first kappa shape index (κ1) is 51.4. The molecule has 0 saturated heterocycles. The van der Waals surface area contributed by atoms with Gasteiger partial charge in [0.25, 0.3) is 0 Å². The first-order valence-electron chi connectivity index (χ1n) is 20.4. The summed E-state index contributed by atoms with van der Waals surface area (Å²) in [7, 11) is -4.81. The normalized spacial score (nSPS) is 14.4. The lowest BCUT2D eigenvalue weighted by Crippen LogP contribution is -2.29.